The molecule has 1 N–H and O–H groups in total. The quantitative estimate of drug-likeness (QED) is 0.610. The third-order valence-corrected chi connectivity index (χ3v) is 4.51. The van der Waals surface area contributed by atoms with Gasteiger partial charge < -0.3 is 10.1 Å². The van der Waals surface area contributed by atoms with E-state index in [1.807, 2.05) is 24.3 Å². The third-order valence-electron chi connectivity index (χ3n) is 3.92. The predicted octanol–water partition coefficient (Wildman–Crippen LogP) is 4.94. The fourth-order valence-electron chi connectivity index (χ4n) is 2.52. The number of hydrogen-bond donors (Lipinski definition) is 1. The normalized spacial score (nSPS) is 10.4. The molecule has 0 saturated carbocycles. The van der Waals surface area contributed by atoms with Gasteiger partial charge >= 0.3 is 0 Å². The molecule has 1 heterocycles. The molecule has 0 aliphatic heterocycles. The Morgan fingerprint density at radius 1 is 1.04 bits per heavy atom. The lowest BCUT2D eigenvalue weighted by Gasteiger charge is -2.12. The number of amides is 1. The Morgan fingerprint density at radius 2 is 1.85 bits per heavy atom. The molecule has 4 nitrogen and oxygen atoms in total. The summed E-state index contributed by atoms with van der Waals surface area (Å²) < 4.78 is 5.83. The van der Waals surface area contributed by atoms with Gasteiger partial charge in [-0.3, -0.25) is 9.78 Å². The molecule has 1 amide bonds. The van der Waals surface area contributed by atoms with Crippen LogP contribution in [-0.2, 0) is 13.0 Å². The van der Waals surface area contributed by atoms with Crippen molar-refractivity contribution in [3.8, 4) is 5.75 Å². The first kappa shape index (κ1) is 19.2. The predicted molar refractivity (Wildman–Crippen MR) is 108 cm³/mol. The molecule has 0 bridgehead atoms. The lowest BCUT2D eigenvalue weighted by Crippen LogP contribution is -2.26. The highest BCUT2D eigenvalue weighted by Crippen LogP contribution is 2.24. The number of para-hydroxylation sites is 1. The van der Waals surface area contributed by atoms with E-state index in [2.05, 4.69) is 10.3 Å². The minimum Gasteiger partial charge on any atom is -0.488 e. The van der Waals surface area contributed by atoms with E-state index in [0.717, 1.165) is 11.3 Å². The molecule has 0 saturated heterocycles. The van der Waals surface area contributed by atoms with Gasteiger partial charge in [-0.05, 0) is 36.4 Å². The summed E-state index contributed by atoms with van der Waals surface area (Å²) in [6.07, 6.45) is 2.40. The molecule has 3 aromatic rings. The molecule has 0 aliphatic rings. The van der Waals surface area contributed by atoms with Crippen molar-refractivity contribution in [2.24, 2.45) is 0 Å². The second kappa shape index (κ2) is 9.40. The van der Waals surface area contributed by atoms with Crippen LogP contribution < -0.4 is 10.1 Å². The van der Waals surface area contributed by atoms with Crippen LogP contribution in [0.3, 0.4) is 0 Å². The summed E-state index contributed by atoms with van der Waals surface area (Å²) >= 11 is 12.1. The van der Waals surface area contributed by atoms with E-state index in [1.165, 1.54) is 0 Å². The van der Waals surface area contributed by atoms with Crippen molar-refractivity contribution in [1.29, 1.82) is 0 Å². The van der Waals surface area contributed by atoms with Crippen LogP contribution in [0, 0.1) is 0 Å². The van der Waals surface area contributed by atoms with Crippen LogP contribution in [-0.4, -0.2) is 17.4 Å². The summed E-state index contributed by atoms with van der Waals surface area (Å²) in [6.45, 7) is 0.738. The first-order valence-corrected chi connectivity index (χ1v) is 9.23. The highest BCUT2D eigenvalue weighted by molar-refractivity contribution is 6.35. The maximum Gasteiger partial charge on any atom is 0.255 e. The molecule has 0 aliphatic carbocycles. The van der Waals surface area contributed by atoms with Gasteiger partial charge in [0, 0.05) is 40.5 Å². The summed E-state index contributed by atoms with van der Waals surface area (Å²) in [7, 11) is 0. The number of carbonyl (C=O) groups excluding carboxylic acids is 1. The summed E-state index contributed by atoms with van der Waals surface area (Å²) in [5, 5.41) is 4.00. The second-order valence-corrected chi connectivity index (χ2v) is 6.69. The number of benzene rings is 2. The molecule has 0 radical (unpaired) electrons. The van der Waals surface area contributed by atoms with Gasteiger partial charge in [0.2, 0.25) is 0 Å². The molecule has 3 rings (SSSR count). The average molecular weight is 401 g/mol. The van der Waals surface area contributed by atoms with Gasteiger partial charge in [0.15, 0.2) is 0 Å². The van der Waals surface area contributed by atoms with Crippen LogP contribution in [0.25, 0.3) is 0 Å². The van der Waals surface area contributed by atoms with E-state index in [-0.39, 0.29) is 12.5 Å². The zero-order valence-corrected chi connectivity index (χ0v) is 16.0. The Kier molecular flexibility index (Phi) is 6.69. The van der Waals surface area contributed by atoms with Crippen LogP contribution >= 0.6 is 23.2 Å². The van der Waals surface area contributed by atoms with Gasteiger partial charge in [0.25, 0.3) is 5.91 Å². The lowest BCUT2D eigenvalue weighted by molar-refractivity contribution is 0.0949. The van der Waals surface area contributed by atoms with Gasteiger partial charge in [-0.1, -0.05) is 47.5 Å². The molecular weight excluding hydrogens is 383 g/mol. The monoisotopic (exact) mass is 400 g/mol. The first-order chi connectivity index (χ1) is 13.1. The lowest BCUT2D eigenvalue weighted by atomic mass is 10.1. The Morgan fingerprint density at radius 3 is 2.63 bits per heavy atom. The van der Waals surface area contributed by atoms with Crippen molar-refractivity contribution >= 4 is 29.1 Å². The van der Waals surface area contributed by atoms with E-state index in [1.54, 1.807) is 42.6 Å². The molecule has 0 spiro atoms. The van der Waals surface area contributed by atoms with Crippen LogP contribution in [0.4, 0.5) is 0 Å². The Hall–Kier alpha value is -2.56. The number of rotatable bonds is 7. The molecule has 2 aromatic carbocycles. The number of aromatic nitrogens is 1. The maximum atomic E-state index is 12.5. The van der Waals surface area contributed by atoms with Crippen LogP contribution in [0.2, 0.25) is 10.0 Å². The van der Waals surface area contributed by atoms with Crippen molar-refractivity contribution in [3.05, 3.63) is 93.7 Å². The maximum absolute atomic E-state index is 12.5. The first-order valence-electron chi connectivity index (χ1n) is 8.47. The number of hydrogen-bond acceptors (Lipinski definition) is 3. The van der Waals surface area contributed by atoms with Crippen molar-refractivity contribution in [2.75, 3.05) is 6.54 Å². The van der Waals surface area contributed by atoms with Gasteiger partial charge in [-0.2, -0.15) is 0 Å². The smallest absolute Gasteiger partial charge is 0.255 e. The minimum atomic E-state index is -0.191. The van der Waals surface area contributed by atoms with E-state index in [0.29, 0.717) is 34.3 Å². The molecule has 6 heteroatoms. The van der Waals surface area contributed by atoms with Gasteiger partial charge in [0.05, 0.1) is 5.56 Å². The number of nitrogens with zero attached hydrogens (tertiary/aromatic N) is 1. The zero-order chi connectivity index (χ0) is 19.1. The SMILES string of the molecule is O=C(NCCc1ccccn1)c1ccccc1OCc1ccc(Cl)cc1Cl. The minimum absolute atomic E-state index is 0.191. The van der Waals surface area contributed by atoms with Crippen molar-refractivity contribution in [2.45, 2.75) is 13.0 Å². The summed E-state index contributed by atoms with van der Waals surface area (Å²) in [5.74, 6) is 0.308. The van der Waals surface area contributed by atoms with Crippen LogP contribution in [0.5, 0.6) is 5.75 Å². The molecule has 0 unspecified atom stereocenters. The molecule has 138 valence electrons. The molecule has 0 fully saturated rings. The number of pyridine rings is 1. The Balaban J connectivity index is 1.61. The van der Waals surface area contributed by atoms with Crippen LogP contribution in [0.1, 0.15) is 21.6 Å². The second-order valence-electron chi connectivity index (χ2n) is 5.85. The van der Waals surface area contributed by atoms with Gasteiger partial charge in [-0.25, -0.2) is 0 Å². The Labute approximate surface area is 168 Å². The largest absolute Gasteiger partial charge is 0.488 e. The van der Waals surface area contributed by atoms with Crippen molar-refractivity contribution < 1.29 is 9.53 Å². The van der Waals surface area contributed by atoms with E-state index >= 15 is 0 Å². The zero-order valence-electron chi connectivity index (χ0n) is 14.5. The topological polar surface area (TPSA) is 51.2 Å². The highest BCUT2D eigenvalue weighted by Gasteiger charge is 2.12. The van der Waals surface area contributed by atoms with Crippen molar-refractivity contribution in [3.63, 3.8) is 0 Å². The average Bonchev–Trinajstić information content (AvgIpc) is 2.68. The van der Waals surface area contributed by atoms with Crippen molar-refractivity contribution in [1.82, 2.24) is 10.3 Å². The number of halogens is 2. The summed E-state index contributed by atoms with van der Waals surface area (Å²) in [4.78, 5) is 16.8. The van der Waals surface area contributed by atoms with Crippen LogP contribution in [0.15, 0.2) is 66.9 Å². The fourth-order valence-corrected chi connectivity index (χ4v) is 2.98. The fraction of sp³-hybridized carbons (Fsp3) is 0.143. The number of ether oxygens (including phenoxy) is 1. The third kappa shape index (κ3) is 5.46. The molecule has 0 atom stereocenters. The summed E-state index contributed by atoms with van der Waals surface area (Å²) in [6, 6.07) is 18.1. The number of nitrogens with one attached hydrogen (secondary N) is 1. The number of carbonyl (C=O) groups is 1. The van der Waals surface area contributed by atoms with Gasteiger partial charge in [0.1, 0.15) is 12.4 Å². The Bertz CT molecular complexity index is 917. The van der Waals surface area contributed by atoms with E-state index < -0.39 is 0 Å². The molecular formula is C21H18Cl2N2O2. The molecule has 1 aromatic heterocycles. The van der Waals surface area contributed by atoms with Gasteiger partial charge in [-0.15, -0.1) is 0 Å². The van der Waals surface area contributed by atoms with E-state index in [4.69, 9.17) is 27.9 Å². The highest BCUT2D eigenvalue weighted by atomic mass is 35.5. The standard InChI is InChI=1S/C21H18Cl2N2O2/c22-16-9-8-15(19(23)13-16)14-27-20-7-2-1-6-18(20)21(26)25-12-10-17-5-3-4-11-24-17/h1-9,11,13H,10,12,14H2,(H,25,26). The summed E-state index contributed by atoms with van der Waals surface area (Å²) in [5.41, 5.74) is 2.20. The van der Waals surface area contributed by atoms with E-state index in [9.17, 15) is 4.79 Å². The molecule has 27 heavy (non-hydrogen) atoms.